The average Bonchev–Trinajstić information content (AvgIpc) is 2.45. The van der Waals surface area contributed by atoms with Gasteiger partial charge in [0, 0.05) is 16.3 Å². The summed E-state index contributed by atoms with van der Waals surface area (Å²) < 4.78 is 49.9. The summed E-state index contributed by atoms with van der Waals surface area (Å²) in [6.07, 6.45) is -3.90. The fourth-order valence-electron chi connectivity index (χ4n) is 1.83. The number of hydrogen-bond donors (Lipinski definition) is 1. The van der Waals surface area contributed by atoms with Gasteiger partial charge in [-0.1, -0.05) is 18.2 Å². The van der Waals surface area contributed by atoms with Gasteiger partial charge in [0.05, 0.1) is 16.4 Å². The van der Waals surface area contributed by atoms with Crippen LogP contribution in [0, 0.1) is 0 Å². The van der Waals surface area contributed by atoms with Crippen LogP contribution in [0.4, 0.5) is 18.9 Å². The van der Waals surface area contributed by atoms with E-state index in [0.29, 0.717) is 12.1 Å². The molecule has 0 aromatic heterocycles. The van der Waals surface area contributed by atoms with E-state index in [4.69, 9.17) is 5.73 Å². The van der Waals surface area contributed by atoms with Crippen molar-refractivity contribution < 1.29 is 17.4 Å². The number of alkyl halides is 3. The molecule has 1 unspecified atom stereocenters. The lowest BCUT2D eigenvalue weighted by Crippen LogP contribution is -2.07. The van der Waals surface area contributed by atoms with E-state index in [9.17, 15) is 17.4 Å². The highest BCUT2D eigenvalue weighted by molar-refractivity contribution is 7.85. The second-order valence-electron chi connectivity index (χ2n) is 4.57. The molecule has 0 amide bonds. The lowest BCUT2D eigenvalue weighted by atomic mass is 10.2. The quantitative estimate of drug-likeness (QED) is 0.876. The smallest absolute Gasteiger partial charge is 0.399 e. The summed E-state index contributed by atoms with van der Waals surface area (Å²) in [5, 5.41) is 0. The zero-order valence-corrected chi connectivity index (χ0v) is 11.9. The van der Waals surface area contributed by atoms with Crippen molar-refractivity contribution in [3.8, 4) is 0 Å². The Hall–Kier alpha value is -1.82. The fraction of sp³-hybridized carbons (Fsp3) is 0.200. The molecule has 0 aliphatic rings. The van der Waals surface area contributed by atoms with Crippen LogP contribution in [0.1, 0.15) is 11.1 Å². The Bertz CT molecular complexity index is 638. The molecule has 0 radical (unpaired) electrons. The maximum absolute atomic E-state index is 12.6. The van der Waals surface area contributed by atoms with E-state index in [1.807, 2.05) is 12.1 Å². The third-order valence-electron chi connectivity index (χ3n) is 2.98. The molecule has 1 atom stereocenters. The number of aryl methyl sites for hydroxylation is 1. The fourth-order valence-corrected chi connectivity index (χ4v) is 2.97. The zero-order valence-electron chi connectivity index (χ0n) is 11.1. The van der Waals surface area contributed by atoms with Crippen molar-refractivity contribution in [2.24, 2.45) is 0 Å². The first-order chi connectivity index (χ1) is 9.86. The van der Waals surface area contributed by atoms with Crippen molar-refractivity contribution in [1.29, 1.82) is 0 Å². The van der Waals surface area contributed by atoms with Crippen LogP contribution < -0.4 is 5.73 Å². The second-order valence-corrected chi connectivity index (χ2v) is 6.14. The number of rotatable bonds is 4. The van der Waals surface area contributed by atoms with E-state index in [2.05, 4.69) is 0 Å². The number of anilines is 1. The van der Waals surface area contributed by atoms with Gasteiger partial charge in [-0.2, -0.15) is 13.2 Å². The number of halogens is 3. The van der Waals surface area contributed by atoms with Crippen LogP contribution in [-0.2, 0) is 23.4 Å². The van der Waals surface area contributed by atoms with Crippen LogP contribution in [-0.4, -0.2) is 9.96 Å². The molecule has 0 aliphatic carbocycles. The summed E-state index contributed by atoms with van der Waals surface area (Å²) in [4.78, 5) is 0.195. The lowest BCUT2D eigenvalue weighted by molar-refractivity contribution is -0.137. The van der Waals surface area contributed by atoms with E-state index in [0.717, 1.165) is 17.7 Å². The number of benzene rings is 2. The van der Waals surface area contributed by atoms with E-state index < -0.39 is 22.5 Å². The Balaban J connectivity index is 2.05. The third kappa shape index (κ3) is 4.32. The van der Waals surface area contributed by atoms with Gasteiger partial charge >= 0.3 is 6.18 Å². The monoisotopic (exact) mass is 313 g/mol. The van der Waals surface area contributed by atoms with Crippen molar-refractivity contribution in [3.63, 3.8) is 0 Å². The minimum Gasteiger partial charge on any atom is -0.399 e. The molecular formula is C15H14F3NOS. The number of hydrogen-bond acceptors (Lipinski definition) is 2. The molecule has 2 aromatic carbocycles. The van der Waals surface area contributed by atoms with Gasteiger partial charge in [-0.15, -0.1) is 0 Å². The number of nitrogen functional groups attached to an aromatic ring is 1. The summed E-state index contributed by atoms with van der Waals surface area (Å²) in [5.74, 6) is 0.269. The molecule has 0 bridgehead atoms. The normalized spacial score (nSPS) is 13.1. The second kappa shape index (κ2) is 6.30. The Morgan fingerprint density at radius 1 is 1.05 bits per heavy atom. The first kappa shape index (κ1) is 15.6. The van der Waals surface area contributed by atoms with E-state index in [1.54, 1.807) is 12.1 Å². The first-order valence-corrected chi connectivity index (χ1v) is 7.58. The summed E-state index contributed by atoms with van der Waals surface area (Å²) in [5.41, 5.74) is 6.37. The molecular weight excluding hydrogens is 299 g/mol. The van der Waals surface area contributed by atoms with Gasteiger partial charge in [0.1, 0.15) is 0 Å². The van der Waals surface area contributed by atoms with Gasteiger partial charge in [0.2, 0.25) is 0 Å². The van der Waals surface area contributed by atoms with Gasteiger partial charge in [-0.05, 0) is 42.3 Å². The van der Waals surface area contributed by atoms with Crippen molar-refractivity contribution >= 4 is 16.5 Å². The summed E-state index contributed by atoms with van der Waals surface area (Å²) in [6, 6.07) is 11.8. The first-order valence-electron chi connectivity index (χ1n) is 6.26. The Morgan fingerprint density at radius 3 is 2.33 bits per heavy atom. The SMILES string of the molecule is Nc1ccc(CCS(=O)c2cccc(C(F)(F)F)c2)cc1. The molecule has 0 spiro atoms. The topological polar surface area (TPSA) is 43.1 Å². The number of nitrogens with two attached hydrogens (primary N) is 1. The molecule has 2 aromatic rings. The zero-order chi connectivity index (χ0) is 15.5. The van der Waals surface area contributed by atoms with Crippen LogP contribution >= 0.6 is 0 Å². The molecule has 0 saturated carbocycles. The Kier molecular flexibility index (Phi) is 4.67. The molecule has 0 aliphatic heterocycles. The molecule has 2 rings (SSSR count). The van der Waals surface area contributed by atoms with Crippen molar-refractivity contribution in [1.82, 2.24) is 0 Å². The van der Waals surface area contributed by atoms with Crippen LogP contribution in [0.3, 0.4) is 0 Å². The summed E-state index contributed by atoms with van der Waals surface area (Å²) >= 11 is 0. The lowest BCUT2D eigenvalue weighted by Gasteiger charge is -2.08. The summed E-state index contributed by atoms with van der Waals surface area (Å²) in [7, 11) is -1.47. The average molecular weight is 313 g/mol. The molecule has 0 saturated heterocycles. The van der Waals surface area contributed by atoms with Crippen molar-refractivity contribution in [2.75, 3.05) is 11.5 Å². The molecule has 0 fully saturated rings. The van der Waals surface area contributed by atoms with Crippen molar-refractivity contribution in [3.05, 3.63) is 59.7 Å². The van der Waals surface area contributed by atoms with Crippen LogP contribution in [0.15, 0.2) is 53.4 Å². The van der Waals surface area contributed by atoms with E-state index in [-0.39, 0.29) is 10.6 Å². The molecule has 21 heavy (non-hydrogen) atoms. The highest BCUT2D eigenvalue weighted by Crippen LogP contribution is 2.30. The van der Waals surface area contributed by atoms with Crippen molar-refractivity contribution in [2.45, 2.75) is 17.5 Å². The van der Waals surface area contributed by atoms with Gasteiger partial charge in [-0.3, -0.25) is 4.21 Å². The largest absolute Gasteiger partial charge is 0.416 e. The van der Waals surface area contributed by atoms with Gasteiger partial charge in [0.25, 0.3) is 0 Å². The molecule has 2 N–H and O–H groups in total. The van der Waals surface area contributed by atoms with Crippen LogP contribution in [0.2, 0.25) is 0 Å². The van der Waals surface area contributed by atoms with Crippen LogP contribution in [0.25, 0.3) is 0 Å². The summed E-state index contributed by atoms with van der Waals surface area (Å²) in [6.45, 7) is 0. The minimum atomic E-state index is -4.42. The van der Waals surface area contributed by atoms with Gasteiger partial charge < -0.3 is 5.73 Å². The predicted octanol–water partition coefficient (Wildman–Crippen LogP) is 3.64. The minimum absolute atomic E-state index is 0.195. The standard InChI is InChI=1S/C15H14F3NOS/c16-15(17,18)12-2-1-3-14(10-12)21(20)9-8-11-4-6-13(19)7-5-11/h1-7,10H,8-9,19H2. The molecule has 6 heteroatoms. The van der Waals surface area contributed by atoms with Crippen LogP contribution in [0.5, 0.6) is 0 Å². The molecule has 112 valence electrons. The molecule has 0 heterocycles. The van der Waals surface area contributed by atoms with E-state index in [1.165, 1.54) is 12.1 Å². The highest BCUT2D eigenvalue weighted by Gasteiger charge is 2.30. The predicted molar refractivity (Wildman–Crippen MR) is 77.3 cm³/mol. The Morgan fingerprint density at radius 2 is 1.71 bits per heavy atom. The van der Waals surface area contributed by atoms with Gasteiger partial charge in [0.15, 0.2) is 0 Å². The maximum Gasteiger partial charge on any atom is 0.416 e. The third-order valence-corrected chi connectivity index (χ3v) is 4.33. The van der Waals surface area contributed by atoms with Gasteiger partial charge in [-0.25, -0.2) is 0 Å². The highest BCUT2D eigenvalue weighted by atomic mass is 32.2. The maximum atomic E-state index is 12.6. The molecule has 2 nitrogen and oxygen atoms in total. The van der Waals surface area contributed by atoms with E-state index >= 15 is 0 Å². The Labute approximate surface area is 123 Å².